The van der Waals surface area contributed by atoms with E-state index in [1.165, 1.54) is 6.08 Å². The van der Waals surface area contributed by atoms with Gasteiger partial charge in [0.05, 0.1) is 0 Å². The summed E-state index contributed by atoms with van der Waals surface area (Å²) in [5.41, 5.74) is 4.98. The van der Waals surface area contributed by atoms with Gasteiger partial charge in [-0.1, -0.05) is 6.08 Å². The SMILES string of the molecule is C/C=C/C(=O)NNC(=S)NC(C)C. The van der Waals surface area contributed by atoms with Crippen LogP contribution in [0.1, 0.15) is 20.8 Å². The minimum atomic E-state index is -0.226. The van der Waals surface area contributed by atoms with Gasteiger partial charge in [0.1, 0.15) is 0 Å². The van der Waals surface area contributed by atoms with Crippen molar-refractivity contribution in [2.75, 3.05) is 0 Å². The smallest absolute Gasteiger partial charge is 0.262 e. The van der Waals surface area contributed by atoms with E-state index < -0.39 is 0 Å². The van der Waals surface area contributed by atoms with Crippen LogP contribution in [0.3, 0.4) is 0 Å². The molecule has 0 bridgehead atoms. The molecule has 0 aliphatic rings. The summed E-state index contributed by atoms with van der Waals surface area (Å²) in [7, 11) is 0. The van der Waals surface area contributed by atoms with E-state index in [1.54, 1.807) is 13.0 Å². The fourth-order valence-electron chi connectivity index (χ4n) is 0.610. The van der Waals surface area contributed by atoms with Gasteiger partial charge in [0, 0.05) is 12.1 Å². The van der Waals surface area contributed by atoms with E-state index in [4.69, 9.17) is 12.2 Å². The van der Waals surface area contributed by atoms with E-state index in [1.807, 2.05) is 13.8 Å². The zero-order valence-corrected chi connectivity index (χ0v) is 8.87. The predicted molar refractivity (Wildman–Crippen MR) is 57.0 cm³/mol. The van der Waals surface area contributed by atoms with E-state index in [2.05, 4.69) is 16.2 Å². The highest BCUT2D eigenvalue weighted by atomic mass is 32.1. The van der Waals surface area contributed by atoms with Crippen LogP contribution < -0.4 is 16.2 Å². The second-order valence-electron chi connectivity index (χ2n) is 2.74. The molecule has 0 fully saturated rings. The zero-order valence-electron chi connectivity index (χ0n) is 8.05. The molecule has 0 aromatic carbocycles. The highest BCUT2D eigenvalue weighted by molar-refractivity contribution is 7.80. The summed E-state index contributed by atoms with van der Waals surface area (Å²) in [6.07, 6.45) is 3.06. The van der Waals surface area contributed by atoms with Gasteiger partial charge in [-0.3, -0.25) is 15.6 Å². The van der Waals surface area contributed by atoms with Crippen molar-refractivity contribution in [3.05, 3.63) is 12.2 Å². The highest BCUT2D eigenvalue weighted by Crippen LogP contribution is 1.75. The zero-order chi connectivity index (χ0) is 10.3. The molecule has 0 atom stereocenters. The molecule has 0 saturated heterocycles. The first-order valence-corrected chi connectivity index (χ1v) is 4.46. The molecule has 4 nitrogen and oxygen atoms in total. The van der Waals surface area contributed by atoms with Gasteiger partial charge in [0.2, 0.25) is 0 Å². The minimum absolute atomic E-state index is 0.226. The third kappa shape index (κ3) is 7.27. The molecular weight excluding hydrogens is 186 g/mol. The Balaban J connectivity index is 3.64. The van der Waals surface area contributed by atoms with Crippen LogP contribution in [-0.4, -0.2) is 17.1 Å². The monoisotopic (exact) mass is 201 g/mol. The van der Waals surface area contributed by atoms with Gasteiger partial charge in [-0.05, 0) is 33.0 Å². The van der Waals surface area contributed by atoms with Crippen molar-refractivity contribution in [1.82, 2.24) is 16.2 Å². The maximum absolute atomic E-state index is 10.9. The van der Waals surface area contributed by atoms with Gasteiger partial charge >= 0.3 is 0 Å². The molecule has 0 rings (SSSR count). The quantitative estimate of drug-likeness (QED) is 0.345. The number of hydrogen-bond acceptors (Lipinski definition) is 2. The van der Waals surface area contributed by atoms with Crippen molar-refractivity contribution in [1.29, 1.82) is 0 Å². The van der Waals surface area contributed by atoms with Crippen LogP contribution in [0.25, 0.3) is 0 Å². The number of carbonyl (C=O) groups is 1. The number of allylic oxidation sites excluding steroid dienone is 1. The molecule has 0 spiro atoms. The van der Waals surface area contributed by atoms with Crippen molar-refractivity contribution < 1.29 is 4.79 Å². The summed E-state index contributed by atoms with van der Waals surface area (Å²) in [5, 5.41) is 3.33. The van der Waals surface area contributed by atoms with E-state index >= 15 is 0 Å². The molecule has 1 amide bonds. The topological polar surface area (TPSA) is 53.2 Å². The van der Waals surface area contributed by atoms with Gasteiger partial charge in [0.25, 0.3) is 5.91 Å². The summed E-state index contributed by atoms with van der Waals surface area (Å²) in [6, 6.07) is 0.249. The van der Waals surface area contributed by atoms with Crippen LogP contribution in [0.2, 0.25) is 0 Å². The number of thiocarbonyl (C=S) groups is 1. The van der Waals surface area contributed by atoms with E-state index in [9.17, 15) is 4.79 Å². The lowest BCUT2D eigenvalue weighted by Gasteiger charge is -2.12. The van der Waals surface area contributed by atoms with Crippen LogP contribution in [0, 0.1) is 0 Å². The van der Waals surface area contributed by atoms with E-state index in [0.29, 0.717) is 5.11 Å². The third-order valence-electron chi connectivity index (χ3n) is 1.04. The Morgan fingerprint density at radius 1 is 1.38 bits per heavy atom. The Morgan fingerprint density at radius 2 is 2.00 bits per heavy atom. The lowest BCUT2D eigenvalue weighted by atomic mass is 10.4. The van der Waals surface area contributed by atoms with Crippen LogP contribution in [-0.2, 0) is 4.79 Å². The average Bonchev–Trinajstić information content (AvgIpc) is 2.00. The summed E-state index contributed by atoms with van der Waals surface area (Å²) in [4.78, 5) is 10.9. The van der Waals surface area contributed by atoms with Gasteiger partial charge in [-0.15, -0.1) is 0 Å². The molecule has 0 radical (unpaired) electrons. The van der Waals surface area contributed by atoms with Crippen molar-refractivity contribution in [2.24, 2.45) is 0 Å². The van der Waals surface area contributed by atoms with Gasteiger partial charge < -0.3 is 5.32 Å². The number of carbonyl (C=O) groups excluding carboxylic acids is 1. The molecule has 0 unspecified atom stereocenters. The highest BCUT2D eigenvalue weighted by Gasteiger charge is 1.98. The van der Waals surface area contributed by atoms with Gasteiger partial charge in [-0.2, -0.15) is 0 Å². The average molecular weight is 201 g/mol. The maximum Gasteiger partial charge on any atom is 0.262 e. The Kier molecular flexibility index (Phi) is 5.88. The van der Waals surface area contributed by atoms with Crippen molar-refractivity contribution in [2.45, 2.75) is 26.8 Å². The molecule has 3 N–H and O–H groups in total. The number of amides is 1. The summed E-state index contributed by atoms with van der Waals surface area (Å²) in [6.45, 7) is 5.69. The van der Waals surface area contributed by atoms with E-state index in [0.717, 1.165) is 0 Å². The summed E-state index contributed by atoms with van der Waals surface area (Å²) >= 11 is 4.87. The Labute approximate surface area is 83.7 Å². The van der Waals surface area contributed by atoms with Gasteiger partial charge in [-0.25, -0.2) is 0 Å². The molecule has 13 heavy (non-hydrogen) atoms. The first-order valence-electron chi connectivity index (χ1n) is 4.05. The fourth-order valence-corrected chi connectivity index (χ4v) is 0.896. The van der Waals surface area contributed by atoms with Crippen molar-refractivity contribution in [3.8, 4) is 0 Å². The molecule has 0 saturated carbocycles. The van der Waals surface area contributed by atoms with E-state index in [-0.39, 0.29) is 11.9 Å². The first kappa shape index (κ1) is 11.9. The molecule has 0 aromatic rings. The molecule has 0 aromatic heterocycles. The number of nitrogens with one attached hydrogen (secondary N) is 3. The minimum Gasteiger partial charge on any atom is -0.359 e. The largest absolute Gasteiger partial charge is 0.359 e. The normalized spacial score (nSPS) is 10.2. The first-order chi connectivity index (χ1) is 6.06. The Bertz CT molecular complexity index is 213. The third-order valence-corrected chi connectivity index (χ3v) is 1.26. The summed E-state index contributed by atoms with van der Waals surface area (Å²) < 4.78 is 0. The lowest BCUT2D eigenvalue weighted by molar-refractivity contribution is -0.117. The molecule has 0 heterocycles. The molecule has 0 aliphatic heterocycles. The van der Waals surface area contributed by atoms with Crippen molar-refractivity contribution in [3.63, 3.8) is 0 Å². The lowest BCUT2D eigenvalue weighted by Crippen LogP contribution is -2.48. The number of hydrazine groups is 1. The standard InChI is InChI=1S/C8H15N3OS/c1-4-5-7(12)10-11-8(13)9-6(2)3/h4-6H,1-3H3,(H,10,12)(H2,9,11,13)/b5-4+. The number of rotatable bonds is 2. The Morgan fingerprint density at radius 3 is 2.46 bits per heavy atom. The molecular formula is C8H15N3OS. The van der Waals surface area contributed by atoms with Gasteiger partial charge in [0.15, 0.2) is 5.11 Å². The number of hydrogen-bond donors (Lipinski definition) is 3. The van der Waals surface area contributed by atoms with Crippen molar-refractivity contribution >= 4 is 23.2 Å². The van der Waals surface area contributed by atoms with Crippen LogP contribution in [0.5, 0.6) is 0 Å². The second kappa shape index (κ2) is 6.42. The molecule has 0 aliphatic carbocycles. The summed E-state index contributed by atoms with van der Waals surface area (Å²) in [5.74, 6) is -0.226. The maximum atomic E-state index is 10.9. The van der Waals surface area contributed by atoms with Crippen LogP contribution in [0.15, 0.2) is 12.2 Å². The fraction of sp³-hybridized carbons (Fsp3) is 0.500. The molecule has 5 heteroatoms. The Hall–Kier alpha value is -1.10. The predicted octanol–water partition coefficient (Wildman–Crippen LogP) is 0.466. The second-order valence-corrected chi connectivity index (χ2v) is 3.15. The van der Waals surface area contributed by atoms with Crippen LogP contribution in [0.4, 0.5) is 0 Å². The molecule has 74 valence electrons. The van der Waals surface area contributed by atoms with Crippen LogP contribution >= 0.6 is 12.2 Å².